The van der Waals surface area contributed by atoms with Crippen LogP contribution < -0.4 is 10.2 Å². The number of hydrogen-bond donors (Lipinski definition) is 1. The molecular weight excluding hydrogens is 388 g/mol. The molecule has 1 N–H and O–H groups in total. The molecule has 1 aromatic rings. The number of carbonyl (C=O) groups excluding carboxylic acids is 1. The summed E-state index contributed by atoms with van der Waals surface area (Å²) < 4.78 is 0. The maximum absolute atomic E-state index is 12.8. The molecule has 1 saturated carbocycles. The second-order valence-corrected chi connectivity index (χ2v) is 8.66. The van der Waals surface area contributed by atoms with Crippen LogP contribution in [-0.4, -0.2) is 53.0 Å². The van der Waals surface area contributed by atoms with E-state index in [0.717, 1.165) is 57.8 Å². The second-order valence-electron chi connectivity index (χ2n) is 8.66. The molecule has 31 heavy (non-hydrogen) atoms. The highest BCUT2D eigenvalue weighted by atomic mass is 16.1. The van der Waals surface area contributed by atoms with Gasteiger partial charge in [-0.15, -0.1) is 0 Å². The Morgan fingerprint density at radius 3 is 2.03 bits per heavy atom. The summed E-state index contributed by atoms with van der Waals surface area (Å²) in [5.41, 5.74) is 0.204. The fourth-order valence-corrected chi connectivity index (χ4v) is 4.40. The van der Waals surface area contributed by atoms with Crippen molar-refractivity contribution in [1.29, 1.82) is 5.26 Å². The molecule has 7 heteroatoms. The molecule has 0 unspecified atom stereocenters. The van der Waals surface area contributed by atoms with E-state index >= 15 is 0 Å². The Morgan fingerprint density at radius 1 is 0.935 bits per heavy atom. The lowest BCUT2D eigenvalue weighted by Crippen LogP contribution is -2.45. The summed E-state index contributed by atoms with van der Waals surface area (Å²) in [5.74, 6) is 0.500. The van der Waals surface area contributed by atoms with E-state index < -0.39 is 0 Å². The molecule has 0 radical (unpaired) electrons. The number of carbonyl (C=O) groups is 1. The molecule has 2 aliphatic rings. The smallest absolute Gasteiger partial charge is 0.263 e. The Hall–Kier alpha value is -2.62. The minimum atomic E-state index is -0.228. The van der Waals surface area contributed by atoms with E-state index in [1.165, 1.54) is 44.9 Å². The van der Waals surface area contributed by atoms with E-state index in [-0.39, 0.29) is 17.5 Å². The first-order valence-electron chi connectivity index (χ1n) is 11.9. The Morgan fingerprint density at radius 2 is 1.48 bits per heavy atom. The van der Waals surface area contributed by atoms with Gasteiger partial charge < -0.3 is 15.1 Å². The monoisotopic (exact) mass is 424 g/mol. The normalized spacial score (nSPS) is 20.3. The molecule has 1 aliphatic carbocycles. The van der Waals surface area contributed by atoms with E-state index in [9.17, 15) is 10.1 Å². The van der Waals surface area contributed by atoms with Crippen LogP contribution in [0.2, 0.25) is 0 Å². The molecule has 1 saturated heterocycles. The van der Waals surface area contributed by atoms with E-state index in [1.54, 1.807) is 18.6 Å². The molecule has 1 amide bonds. The molecule has 168 valence electrons. The average Bonchev–Trinajstić information content (AvgIpc) is 2.80. The zero-order valence-corrected chi connectivity index (χ0v) is 18.6. The number of nitrogens with zero attached hydrogens (tertiary/aromatic N) is 5. The number of nitrogens with one attached hydrogen (secondary N) is 1. The van der Waals surface area contributed by atoms with E-state index in [1.807, 2.05) is 6.07 Å². The molecule has 2 fully saturated rings. The molecule has 1 aliphatic heterocycles. The van der Waals surface area contributed by atoms with Crippen molar-refractivity contribution in [3.8, 4) is 6.07 Å². The molecule has 0 bridgehead atoms. The van der Waals surface area contributed by atoms with Crippen molar-refractivity contribution in [2.45, 2.75) is 76.7 Å². The van der Waals surface area contributed by atoms with Gasteiger partial charge in [0.05, 0.1) is 0 Å². The fraction of sp³-hybridized carbons (Fsp3) is 0.667. The molecule has 0 spiro atoms. The van der Waals surface area contributed by atoms with Gasteiger partial charge in [0.1, 0.15) is 11.6 Å². The summed E-state index contributed by atoms with van der Waals surface area (Å²) in [6.45, 7) is 3.01. The third-order valence-corrected chi connectivity index (χ3v) is 6.27. The minimum Gasteiger partial charge on any atom is -0.373 e. The highest BCUT2D eigenvalue weighted by molar-refractivity contribution is 5.97. The number of anilines is 1. The lowest BCUT2D eigenvalue weighted by molar-refractivity contribution is -0.118. The van der Waals surface area contributed by atoms with Crippen molar-refractivity contribution in [3.05, 3.63) is 30.2 Å². The summed E-state index contributed by atoms with van der Waals surface area (Å²) in [6, 6.07) is 4.10. The minimum absolute atomic E-state index is 0.177. The van der Waals surface area contributed by atoms with Gasteiger partial charge in [-0.2, -0.15) is 5.26 Å². The summed E-state index contributed by atoms with van der Waals surface area (Å²) >= 11 is 0. The lowest BCUT2D eigenvalue weighted by Gasteiger charge is -2.34. The first-order chi connectivity index (χ1) is 15.3. The van der Waals surface area contributed by atoms with Crippen LogP contribution in [0.4, 0.5) is 5.95 Å². The standard InChI is InChI=1S/C24H36N6O/c25-19-21(20-29-15-17-30(18-16-29)24-26-13-10-14-27-24)23(31)28-22-11-8-6-4-2-1-3-5-7-9-12-22/h10,13-14,20,22H,1-9,11-12,15-18H2,(H,28,31)/b21-20-. The maximum Gasteiger partial charge on any atom is 0.263 e. The summed E-state index contributed by atoms with van der Waals surface area (Å²) in [4.78, 5) is 25.6. The van der Waals surface area contributed by atoms with Crippen molar-refractivity contribution in [3.63, 3.8) is 0 Å². The van der Waals surface area contributed by atoms with Crippen LogP contribution >= 0.6 is 0 Å². The summed E-state index contributed by atoms with van der Waals surface area (Å²) in [7, 11) is 0. The Bertz CT molecular complexity index is 724. The van der Waals surface area contributed by atoms with Gasteiger partial charge in [0.25, 0.3) is 5.91 Å². The van der Waals surface area contributed by atoms with Gasteiger partial charge in [0.2, 0.25) is 5.95 Å². The van der Waals surface area contributed by atoms with Crippen molar-refractivity contribution in [1.82, 2.24) is 20.2 Å². The van der Waals surface area contributed by atoms with Crippen molar-refractivity contribution >= 4 is 11.9 Å². The van der Waals surface area contributed by atoms with E-state index in [2.05, 4.69) is 31.2 Å². The number of hydrogen-bond acceptors (Lipinski definition) is 6. The molecule has 3 rings (SSSR count). The second kappa shape index (κ2) is 12.9. The third kappa shape index (κ3) is 7.86. The van der Waals surface area contributed by atoms with Gasteiger partial charge in [-0.1, -0.05) is 57.8 Å². The van der Waals surface area contributed by atoms with Crippen LogP contribution in [0.1, 0.15) is 70.6 Å². The number of piperazine rings is 1. The first kappa shape index (κ1) is 23.1. The number of nitriles is 1. The van der Waals surface area contributed by atoms with Crippen LogP contribution in [-0.2, 0) is 4.79 Å². The van der Waals surface area contributed by atoms with Crippen molar-refractivity contribution in [2.75, 3.05) is 31.1 Å². The van der Waals surface area contributed by atoms with Crippen LogP contribution in [0.5, 0.6) is 0 Å². The molecule has 7 nitrogen and oxygen atoms in total. The average molecular weight is 425 g/mol. The largest absolute Gasteiger partial charge is 0.373 e. The lowest BCUT2D eigenvalue weighted by atomic mass is 9.97. The Kier molecular flexibility index (Phi) is 9.62. The SMILES string of the molecule is N#C/C(=C/N1CCN(c2ncccn2)CC1)C(=O)NC1CCCCCCCCCCC1. The summed E-state index contributed by atoms with van der Waals surface area (Å²) in [5, 5.41) is 12.8. The van der Waals surface area contributed by atoms with Gasteiger partial charge in [-0.05, 0) is 18.9 Å². The molecule has 2 heterocycles. The van der Waals surface area contributed by atoms with Crippen molar-refractivity contribution in [2.24, 2.45) is 0 Å². The topological polar surface area (TPSA) is 85.2 Å². The van der Waals surface area contributed by atoms with Crippen LogP contribution in [0, 0.1) is 11.3 Å². The predicted molar refractivity (Wildman–Crippen MR) is 122 cm³/mol. The molecular formula is C24H36N6O. The molecule has 1 aromatic heterocycles. The van der Waals surface area contributed by atoms with Gasteiger partial charge in [-0.25, -0.2) is 9.97 Å². The van der Waals surface area contributed by atoms with E-state index in [4.69, 9.17) is 0 Å². The predicted octanol–water partition coefficient (Wildman–Crippen LogP) is 3.80. The Labute approximate surface area is 186 Å². The molecule has 0 aromatic carbocycles. The summed E-state index contributed by atoms with van der Waals surface area (Å²) in [6.07, 6.45) is 18.7. The van der Waals surface area contributed by atoms with Crippen molar-refractivity contribution < 1.29 is 4.79 Å². The van der Waals surface area contributed by atoms with Crippen LogP contribution in [0.15, 0.2) is 30.2 Å². The number of aromatic nitrogens is 2. The fourth-order valence-electron chi connectivity index (χ4n) is 4.40. The third-order valence-electron chi connectivity index (χ3n) is 6.27. The quantitative estimate of drug-likeness (QED) is 0.585. The molecule has 0 atom stereocenters. The highest BCUT2D eigenvalue weighted by Crippen LogP contribution is 2.17. The maximum atomic E-state index is 12.8. The van der Waals surface area contributed by atoms with Crippen LogP contribution in [0.25, 0.3) is 0 Å². The van der Waals surface area contributed by atoms with Gasteiger partial charge in [-0.3, -0.25) is 4.79 Å². The number of rotatable bonds is 4. The first-order valence-corrected chi connectivity index (χ1v) is 11.9. The zero-order valence-electron chi connectivity index (χ0n) is 18.6. The van der Waals surface area contributed by atoms with Crippen LogP contribution in [0.3, 0.4) is 0 Å². The highest BCUT2D eigenvalue weighted by Gasteiger charge is 2.20. The van der Waals surface area contributed by atoms with E-state index in [0.29, 0.717) is 0 Å². The number of amides is 1. The van der Waals surface area contributed by atoms with Gasteiger partial charge in [0, 0.05) is 50.8 Å². The van der Waals surface area contributed by atoms with Gasteiger partial charge in [0.15, 0.2) is 0 Å². The Balaban J connectivity index is 1.51. The van der Waals surface area contributed by atoms with Gasteiger partial charge >= 0.3 is 0 Å². The zero-order chi connectivity index (χ0) is 21.7.